The van der Waals surface area contributed by atoms with Crippen LogP contribution in [0, 0.1) is 0 Å². The minimum atomic E-state index is -0.934. The standard InChI is InChI=1S/C14H20N2O3/c1-2-11-8-10(14(18)19)9-13(15-11)16(6-7-17)12-4-3-5-12/h8-9,12,17H,2-7H2,1H3,(H,18,19). The number of aromatic carboxylic acids is 1. The Morgan fingerprint density at radius 1 is 1.47 bits per heavy atom. The van der Waals surface area contributed by atoms with E-state index in [0.29, 0.717) is 24.8 Å². The van der Waals surface area contributed by atoms with E-state index in [1.807, 2.05) is 11.8 Å². The topological polar surface area (TPSA) is 73.7 Å². The van der Waals surface area contributed by atoms with Crippen LogP contribution < -0.4 is 4.90 Å². The zero-order valence-electron chi connectivity index (χ0n) is 11.2. The van der Waals surface area contributed by atoms with Crippen LogP contribution in [0.3, 0.4) is 0 Å². The van der Waals surface area contributed by atoms with E-state index >= 15 is 0 Å². The number of carboxylic acid groups (broad SMARTS) is 1. The SMILES string of the molecule is CCc1cc(C(=O)O)cc(N(CCO)C2CCC2)n1. The van der Waals surface area contributed by atoms with Crippen LogP contribution in [0.15, 0.2) is 12.1 Å². The normalized spacial score (nSPS) is 15.1. The fraction of sp³-hybridized carbons (Fsp3) is 0.571. The van der Waals surface area contributed by atoms with Crippen LogP contribution in [-0.2, 0) is 6.42 Å². The summed E-state index contributed by atoms with van der Waals surface area (Å²) >= 11 is 0. The molecule has 1 saturated carbocycles. The number of pyridine rings is 1. The van der Waals surface area contributed by atoms with Gasteiger partial charge >= 0.3 is 5.97 Å². The van der Waals surface area contributed by atoms with E-state index < -0.39 is 5.97 Å². The van der Waals surface area contributed by atoms with Crippen molar-refractivity contribution in [3.63, 3.8) is 0 Å². The third kappa shape index (κ3) is 3.04. The molecule has 1 aliphatic carbocycles. The van der Waals surface area contributed by atoms with Gasteiger partial charge in [-0.3, -0.25) is 0 Å². The van der Waals surface area contributed by atoms with Gasteiger partial charge in [-0.1, -0.05) is 6.92 Å². The quantitative estimate of drug-likeness (QED) is 0.818. The maximum absolute atomic E-state index is 11.2. The average Bonchev–Trinajstić information content (AvgIpc) is 2.35. The molecule has 0 aromatic carbocycles. The molecule has 1 aliphatic rings. The minimum absolute atomic E-state index is 0.0525. The smallest absolute Gasteiger partial charge is 0.335 e. The molecule has 1 fully saturated rings. The van der Waals surface area contributed by atoms with Crippen LogP contribution in [0.2, 0.25) is 0 Å². The molecule has 2 N–H and O–H groups in total. The summed E-state index contributed by atoms with van der Waals surface area (Å²) in [5.74, 6) is -0.258. The van der Waals surface area contributed by atoms with Crippen molar-refractivity contribution in [2.24, 2.45) is 0 Å². The molecule has 2 rings (SSSR count). The molecular formula is C14H20N2O3. The van der Waals surface area contributed by atoms with Crippen molar-refractivity contribution in [2.75, 3.05) is 18.1 Å². The van der Waals surface area contributed by atoms with E-state index in [-0.39, 0.29) is 12.2 Å². The van der Waals surface area contributed by atoms with Gasteiger partial charge in [0.1, 0.15) is 5.82 Å². The highest BCUT2D eigenvalue weighted by Crippen LogP contribution is 2.29. The summed E-state index contributed by atoms with van der Waals surface area (Å²) in [7, 11) is 0. The number of anilines is 1. The second-order valence-corrected chi connectivity index (χ2v) is 4.87. The fourth-order valence-corrected chi connectivity index (χ4v) is 2.31. The summed E-state index contributed by atoms with van der Waals surface area (Å²) in [5.41, 5.74) is 1.04. The number of rotatable bonds is 6. The number of aliphatic hydroxyl groups excluding tert-OH is 1. The lowest BCUT2D eigenvalue weighted by atomic mass is 9.91. The monoisotopic (exact) mass is 264 g/mol. The molecular weight excluding hydrogens is 244 g/mol. The molecule has 5 heteroatoms. The van der Waals surface area contributed by atoms with Gasteiger partial charge in [0.25, 0.3) is 0 Å². The molecule has 0 amide bonds. The van der Waals surface area contributed by atoms with E-state index in [0.717, 1.165) is 18.5 Å². The average molecular weight is 264 g/mol. The molecule has 5 nitrogen and oxygen atoms in total. The number of hydrogen-bond donors (Lipinski definition) is 2. The zero-order chi connectivity index (χ0) is 13.8. The molecule has 1 aromatic heterocycles. The Morgan fingerprint density at radius 2 is 2.21 bits per heavy atom. The summed E-state index contributed by atoms with van der Waals surface area (Å²) in [6.45, 7) is 2.51. The Labute approximate surface area is 112 Å². The van der Waals surface area contributed by atoms with Gasteiger partial charge in [-0.25, -0.2) is 9.78 Å². The fourth-order valence-electron chi connectivity index (χ4n) is 2.31. The third-order valence-corrected chi connectivity index (χ3v) is 3.62. The number of hydrogen-bond acceptors (Lipinski definition) is 4. The highest BCUT2D eigenvalue weighted by molar-refractivity contribution is 5.88. The van der Waals surface area contributed by atoms with Crippen molar-refractivity contribution in [1.29, 1.82) is 0 Å². The Hall–Kier alpha value is -1.62. The largest absolute Gasteiger partial charge is 0.478 e. The Morgan fingerprint density at radius 3 is 2.68 bits per heavy atom. The number of carboxylic acids is 1. The molecule has 1 heterocycles. The number of aliphatic hydroxyl groups is 1. The maximum Gasteiger partial charge on any atom is 0.335 e. The molecule has 0 aliphatic heterocycles. The van der Waals surface area contributed by atoms with Crippen LogP contribution in [0.25, 0.3) is 0 Å². The lowest BCUT2D eigenvalue weighted by Crippen LogP contribution is -2.42. The van der Waals surface area contributed by atoms with E-state index in [9.17, 15) is 9.90 Å². The molecule has 0 atom stereocenters. The van der Waals surface area contributed by atoms with E-state index in [1.165, 1.54) is 6.42 Å². The van der Waals surface area contributed by atoms with Gasteiger partial charge in [-0.15, -0.1) is 0 Å². The predicted octanol–water partition coefficient (Wildman–Crippen LogP) is 1.69. The van der Waals surface area contributed by atoms with Crippen LogP contribution in [0.4, 0.5) is 5.82 Å². The van der Waals surface area contributed by atoms with E-state index in [2.05, 4.69) is 4.98 Å². The third-order valence-electron chi connectivity index (χ3n) is 3.62. The first-order chi connectivity index (χ1) is 9.15. The van der Waals surface area contributed by atoms with E-state index in [4.69, 9.17) is 5.11 Å². The summed E-state index contributed by atoms with van der Waals surface area (Å²) in [4.78, 5) is 17.7. The molecule has 104 valence electrons. The van der Waals surface area contributed by atoms with Gasteiger partial charge in [0.15, 0.2) is 0 Å². The van der Waals surface area contributed by atoms with Crippen molar-refractivity contribution in [3.05, 3.63) is 23.4 Å². The second-order valence-electron chi connectivity index (χ2n) is 4.87. The number of aryl methyl sites for hydroxylation is 1. The van der Waals surface area contributed by atoms with Gasteiger partial charge in [0.2, 0.25) is 0 Å². The molecule has 0 spiro atoms. The van der Waals surface area contributed by atoms with Crippen LogP contribution in [0.5, 0.6) is 0 Å². The van der Waals surface area contributed by atoms with Crippen molar-refractivity contribution in [2.45, 2.75) is 38.6 Å². The first-order valence-electron chi connectivity index (χ1n) is 6.77. The van der Waals surface area contributed by atoms with E-state index in [1.54, 1.807) is 12.1 Å². The first kappa shape index (κ1) is 13.8. The van der Waals surface area contributed by atoms with Gasteiger partial charge in [-0.2, -0.15) is 0 Å². The van der Waals surface area contributed by atoms with Crippen molar-refractivity contribution in [1.82, 2.24) is 4.98 Å². The predicted molar refractivity (Wildman–Crippen MR) is 72.6 cm³/mol. The van der Waals surface area contributed by atoms with Gasteiger partial charge in [-0.05, 0) is 37.8 Å². The lowest BCUT2D eigenvalue weighted by molar-refractivity contribution is 0.0696. The molecule has 0 unspecified atom stereocenters. The molecule has 0 radical (unpaired) electrons. The molecule has 19 heavy (non-hydrogen) atoms. The summed E-state index contributed by atoms with van der Waals surface area (Å²) in [6.07, 6.45) is 4.05. The van der Waals surface area contributed by atoms with Crippen LogP contribution >= 0.6 is 0 Å². The lowest BCUT2D eigenvalue weighted by Gasteiger charge is -2.38. The van der Waals surface area contributed by atoms with Crippen molar-refractivity contribution >= 4 is 11.8 Å². The Balaban J connectivity index is 2.34. The van der Waals surface area contributed by atoms with Crippen LogP contribution in [-0.4, -0.2) is 40.4 Å². The summed E-state index contributed by atoms with van der Waals surface area (Å²) in [6, 6.07) is 3.60. The number of carbonyl (C=O) groups is 1. The van der Waals surface area contributed by atoms with Gasteiger partial charge < -0.3 is 15.1 Å². The van der Waals surface area contributed by atoms with Crippen LogP contribution in [0.1, 0.15) is 42.2 Å². The maximum atomic E-state index is 11.2. The molecule has 1 aromatic rings. The number of nitrogens with zero attached hydrogens (tertiary/aromatic N) is 2. The van der Waals surface area contributed by atoms with Gasteiger partial charge in [0, 0.05) is 18.3 Å². The van der Waals surface area contributed by atoms with Crippen molar-refractivity contribution in [3.8, 4) is 0 Å². The Kier molecular flexibility index (Phi) is 4.37. The summed E-state index contributed by atoms with van der Waals surface area (Å²) < 4.78 is 0. The molecule has 0 bridgehead atoms. The van der Waals surface area contributed by atoms with Crippen molar-refractivity contribution < 1.29 is 15.0 Å². The Bertz CT molecular complexity index is 458. The second kappa shape index (κ2) is 6.02. The highest BCUT2D eigenvalue weighted by Gasteiger charge is 2.26. The minimum Gasteiger partial charge on any atom is -0.478 e. The van der Waals surface area contributed by atoms with Gasteiger partial charge in [0.05, 0.1) is 12.2 Å². The zero-order valence-corrected chi connectivity index (χ0v) is 11.2. The summed E-state index contributed by atoms with van der Waals surface area (Å²) in [5, 5.41) is 18.3. The number of aromatic nitrogens is 1. The highest BCUT2D eigenvalue weighted by atomic mass is 16.4. The molecule has 0 saturated heterocycles. The first-order valence-corrected chi connectivity index (χ1v) is 6.77.